The standard InChI is InChI=1S/C11H12N2O5/c14-8-3-7(4-12-5-8)10(15)13-1-2-18-9(6-13)11(16)17/h3-5,9,14H,1-2,6H2,(H,16,17). The molecule has 2 heterocycles. The number of nitrogens with zero attached hydrogens (tertiary/aromatic N) is 2. The maximum Gasteiger partial charge on any atom is 0.334 e. The Labute approximate surface area is 103 Å². The first-order valence-electron chi connectivity index (χ1n) is 5.35. The monoisotopic (exact) mass is 252 g/mol. The van der Waals surface area contributed by atoms with Crippen molar-refractivity contribution in [2.24, 2.45) is 0 Å². The summed E-state index contributed by atoms with van der Waals surface area (Å²) in [7, 11) is 0. The third kappa shape index (κ3) is 2.57. The Balaban J connectivity index is 2.11. The van der Waals surface area contributed by atoms with Crippen LogP contribution in [0.15, 0.2) is 18.5 Å². The molecule has 96 valence electrons. The van der Waals surface area contributed by atoms with Gasteiger partial charge >= 0.3 is 5.97 Å². The Morgan fingerprint density at radius 2 is 2.22 bits per heavy atom. The maximum absolute atomic E-state index is 12.0. The van der Waals surface area contributed by atoms with E-state index in [0.29, 0.717) is 6.54 Å². The van der Waals surface area contributed by atoms with E-state index in [9.17, 15) is 14.7 Å². The topological polar surface area (TPSA) is 100.0 Å². The Bertz CT molecular complexity index is 476. The summed E-state index contributed by atoms with van der Waals surface area (Å²) in [4.78, 5) is 27.9. The van der Waals surface area contributed by atoms with Gasteiger partial charge in [0.1, 0.15) is 5.75 Å². The zero-order chi connectivity index (χ0) is 13.1. The molecule has 7 nitrogen and oxygen atoms in total. The molecule has 1 aromatic heterocycles. The van der Waals surface area contributed by atoms with Gasteiger partial charge in [-0.05, 0) is 6.07 Å². The van der Waals surface area contributed by atoms with Gasteiger partial charge in [-0.2, -0.15) is 0 Å². The normalized spacial score (nSPS) is 19.6. The van der Waals surface area contributed by atoms with Crippen LogP contribution in [0.1, 0.15) is 10.4 Å². The Hall–Kier alpha value is -2.15. The number of carbonyl (C=O) groups is 2. The largest absolute Gasteiger partial charge is 0.506 e. The summed E-state index contributed by atoms with van der Waals surface area (Å²) >= 11 is 0. The van der Waals surface area contributed by atoms with E-state index in [2.05, 4.69) is 4.98 Å². The fourth-order valence-corrected chi connectivity index (χ4v) is 1.71. The lowest BCUT2D eigenvalue weighted by atomic mass is 10.2. The van der Waals surface area contributed by atoms with Crippen molar-refractivity contribution in [1.29, 1.82) is 0 Å². The molecule has 0 aliphatic carbocycles. The van der Waals surface area contributed by atoms with Gasteiger partial charge in [-0.15, -0.1) is 0 Å². The van der Waals surface area contributed by atoms with Gasteiger partial charge < -0.3 is 19.8 Å². The molecule has 0 saturated carbocycles. The van der Waals surface area contributed by atoms with Crippen molar-refractivity contribution in [3.63, 3.8) is 0 Å². The van der Waals surface area contributed by atoms with E-state index in [4.69, 9.17) is 9.84 Å². The Morgan fingerprint density at radius 1 is 1.44 bits per heavy atom. The highest BCUT2D eigenvalue weighted by Crippen LogP contribution is 2.13. The summed E-state index contributed by atoms with van der Waals surface area (Å²) in [6.45, 7) is 0.483. The quantitative estimate of drug-likeness (QED) is 0.750. The van der Waals surface area contributed by atoms with Gasteiger partial charge in [0.05, 0.1) is 24.9 Å². The van der Waals surface area contributed by atoms with Crippen molar-refractivity contribution in [3.05, 3.63) is 24.0 Å². The fraction of sp³-hybridized carbons (Fsp3) is 0.364. The first-order chi connectivity index (χ1) is 8.58. The summed E-state index contributed by atoms with van der Waals surface area (Å²) in [6.07, 6.45) is 1.54. The van der Waals surface area contributed by atoms with Crippen molar-refractivity contribution in [2.45, 2.75) is 6.10 Å². The summed E-state index contributed by atoms with van der Waals surface area (Å²) in [6, 6.07) is 1.29. The molecule has 1 aliphatic heterocycles. The van der Waals surface area contributed by atoms with Crippen LogP contribution in [0.25, 0.3) is 0 Å². The van der Waals surface area contributed by atoms with Crippen LogP contribution >= 0.6 is 0 Å². The van der Waals surface area contributed by atoms with E-state index in [1.54, 1.807) is 0 Å². The van der Waals surface area contributed by atoms with Crippen molar-refractivity contribution in [3.8, 4) is 5.75 Å². The van der Waals surface area contributed by atoms with Crippen LogP contribution in [0.3, 0.4) is 0 Å². The number of amides is 1. The summed E-state index contributed by atoms with van der Waals surface area (Å²) in [5.74, 6) is -1.57. The third-order valence-corrected chi connectivity index (χ3v) is 2.60. The summed E-state index contributed by atoms with van der Waals surface area (Å²) in [5, 5.41) is 18.1. The molecule has 2 N–H and O–H groups in total. The molecule has 1 fully saturated rings. The van der Waals surface area contributed by atoms with Crippen LogP contribution in [-0.4, -0.2) is 57.8 Å². The first kappa shape index (κ1) is 12.3. The van der Waals surface area contributed by atoms with E-state index in [0.717, 1.165) is 0 Å². The number of aromatic hydroxyl groups is 1. The predicted octanol–water partition coefficient (Wildman–Crippen LogP) is -0.287. The minimum absolute atomic E-state index is 0.0101. The molecule has 1 aliphatic rings. The van der Waals surface area contributed by atoms with E-state index in [1.807, 2.05) is 0 Å². The molecule has 1 unspecified atom stereocenters. The summed E-state index contributed by atoms with van der Waals surface area (Å²) in [5.41, 5.74) is 0.223. The molecular weight excluding hydrogens is 240 g/mol. The molecule has 0 spiro atoms. The number of aromatic nitrogens is 1. The lowest BCUT2D eigenvalue weighted by molar-refractivity contribution is -0.154. The smallest absolute Gasteiger partial charge is 0.334 e. The third-order valence-electron chi connectivity index (χ3n) is 2.60. The number of carbonyl (C=O) groups excluding carboxylic acids is 1. The molecule has 1 aromatic rings. The van der Waals surface area contributed by atoms with Gasteiger partial charge in [0.2, 0.25) is 0 Å². The minimum Gasteiger partial charge on any atom is -0.506 e. The molecule has 18 heavy (non-hydrogen) atoms. The molecule has 0 aromatic carbocycles. The second kappa shape index (κ2) is 5.01. The van der Waals surface area contributed by atoms with Crippen molar-refractivity contribution >= 4 is 11.9 Å². The van der Waals surface area contributed by atoms with Gasteiger partial charge in [-0.1, -0.05) is 0 Å². The highest BCUT2D eigenvalue weighted by Gasteiger charge is 2.29. The average molecular weight is 252 g/mol. The minimum atomic E-state index is -1.10. The molecule has 1 saturated heterocycles. The number of hydrogen-bond donors (Lipinski definition) is 2. The first-order valence-corrected chi connectivity index (χ1v) is 5.35. The lowest BCUT2D eigenvalue weighted by Gasteiger charge is -2.30. The molecule has 2 rings (SSSR count). The number of aliphatic carboxylic acids is 1. The zero-order valence-corrected chi connectivity index (χ0v) is 9.44. The van der Waals surface area contributed by atoms with Crippen LogP contribution in [0.4, 0.5) is 0 Å². The van der Waals surface area contributed by atoms with Gasteiger partial charge in [0.15, 0.2) is 6.10 Å². The zero-order valence-electron chi connectivity index (χ0n) is 9.44. The second-order valence-electron chi connectivity index (χ2n) is 3.88. The van der Waals surface area contributed by atoms with E-state index in [1.165, 1.54) is 23.4 Å². The fourth-order valence-electron chi connectivity index (χ4n) is 1.71. The number of ether oxygens (including phenoxy) is 1. The van der Waals surface area contributed by atoms with Crippen LogP contribution in [0.5, 0.6) is 5.75 Å². The SMILES string of the molecule is O=C(O)C1CN(C(=O)c2cncc(O)c2)CCO1. The van der Waals surface area contributed by atoms with Gasteiger partial charge in [0, 0.05) is 12.7 Å². The van der Waals surface area contributed by atoms with Crippen LogP contribution in [0.2, 0.25) is 0 Å². The van der Waals surface area contributed by atoms with Crippen molar-refractivity contribution in [1.82, 2.24) is 9.88 Å². The number of rotatable bonds is 2. The number of carboxylic acids is 1. The number of hydrogen-bond acceptors (Lipinski definition) is 5. The second-order valence-corrected chi connectivity index (χ2v) is 3.88. The van der Waals surface area contributed by atoms with Gasteiger partial charge in [-0.25, -0.2) is 4.79 Å². The highest BCUT2D eigenvalue weighted by molar-refractivity contribution is 5.94. The van der Waals surface area contributed by atoms with Gasteiger partial charge in [-0.3, -0.25) is 9.78 Å². The number of pyridine rings is 1. The Morgan fingerprint density at radius 3 is 2.89 bits per heavy atom. The average Bonchev–Trinajstić information content (AvgIpc) is 2.38. The van der Waals surface area contributed by atoms with Crippen LogP contribution < -0.4 is 0 Å². The highest BCUT2D eigenvalue weighted by atomic mass is 16.5. The van der Waals surface area contributed by atoms with Crippen LogP contribution in [-0.2, 0) is 9.53 Å². The number of morpholine rings is 1. The van der Waals surface area contributed by atoms with Crippen LogP contribution in [0, 0.1) is 0 Å². The lowest BCUT2D eigenvalue weighted by Crippen LogP contribution is -2.48. The van der Waals surface area contributed by atoms with Crippen molar-refractivity contribution in [2.75, 3.05) is 19.7 Å². The molecular formula is C11H12N2O5. The predicted molar refractivity (Wildman–Crippen MR) is 59.2 cm³/mol. The van der Waals surface area contributed by atoms with E-state index < -0.39 is 12.1 Å². The molecule has 0 bridgehead atoms. The van der Waals surface area contributed by atoms with E-state index in [-0.39, 0.29) is 30.4 Å². The molecule has 7 heteroatoms. The maximum atomic E-state index is 12.0. The molecule has 1 amide bonds. The number of carboxylic acid groups (broad SMARTS) is 1. The molecule has 1 atom stereocenters. The van der Waals surface area contributed by atoms with Crippen molar-refractivity contribution < 1.29 is 24.5 Å². The Kier molecular flexibility index (Phi) is 3.42. The summed E-state index contributed by atoms with van der Waals surface area (Å²) < 4.78 is 5.02. The van der Waals surface area contributed by atoms with E-state index >= 15 is 0 Å². The van der Waals surface area contributed by atoms with Gasteiger partial charge in [0.25, 0.3) is 5.91 Å². The molecule has 0 radical (unpaired) electrons.